The Morgan fingerprint density at radius 3 is 2.73 bits per heavy atom. The first-order chi connectivity index (χ1) is 12.4. The van der Waals surface area contributed by atoms with Crippen molar-refractivity contribution < 1.29 is 13.5 Å². The van der Waals surface area contributed by atoms with Crippen molar-refractivity contribution in [2.24, 2.45) is 12.0 Å². The third-order valence-electron chi connectivity index (χ3n) is 3.94. The van der Waals surface area contributed by atoms with E-state index >= 15 is 0 Å². The van der Waals surface area contributed by atoms with Gasteiger partial charge in [0.25, 0.3) is 0 Å². The fourth-order valence-corrected chi connectivity index (χ4v) is 2.30. The van der Waals surface area contributed by atoms with Crippen molar-refractivity contribution in [1.29, 1.82) is 0 Å². The van der Waals surface area contributed by atoms with Crippen molar-refractivity contribution in [3.05, 3.63) is 47.0 Å². The van der Waals surface area contributed by atoms with Crippen LogP contribution in [0.5, 0.6) is 0 Å². The Labute approximate surface area is 151 Å². The Morgan fingerprint density at radius 1 is 1.35 bits per heavy atom. The maximum Gasteiger partial charge on any atom is 0.192 e. The van der Waals surface area contributed by atoms with E-state index in [2.05, 4.69) is 25.8 Å². The molecule has 142 valence electrons. The standard InChI is InChI=1S/C17H24F2N6O/c1-11(14-6-5-13(18)9-15(14)19)22-17(20-7-8-26-4)21-10-16-24-23-12(2)25(16)3/h5-6,9,11H,7-8,10H2,1-4H3,(H2,20,21,22). The second-order valence-electron chi connectivity index (χ2n) is 5.84. The summed E-state index contributed by atoms with van der Waals surface area (Å²) in [6.45, 7) is 4.95. The van der Waals surface area contributed by atoms with Gasteiger partial charge in [-0.25, -0.2) is 13.8 Å². The summed E-state index contributed by atoms with van der Waals surface area (Å²) >= 11 is 0. The monoisotopic (exact) mass is 366 g/mol. The lowest BCUT2D eigenvalue weighted by molar-refractivity contribution is 0.203. The molecular formula is C17H24F2N6O. The molecule has 9 heteroatoms. The van der Waals surface area contributed by atoms with Crippen LogP contribution in [0.1, 0.15) is 30.2 Å². The van der Waals surface area contributed by atoms with Gasteiger partial charge in [-0.15, -0.1) is 10.2 Å². The van der Waals surface area contributed by atoms with E-state index in [0.29, 0.717) is 37.0 Å². The van der Waals surface area contributed by atoms with Gasteiger partial charge in [0.2, 0.25) is 0 Å². The zero-order valence-electron chi connectivity index (χ0n) is 15.4. The molecule has 0 fully saturated rings. The van der Waals surface area contributed by atoms with Crippen LogP contribution in [0.15, 0.2) is 23.2 Å². The molecule has 1 unspecified atom stereocenters. The molecule has 1 aromatic heterocycles. The maximum absolute atomic E-state index is 14.0. The zero-order valence-corrected chi connectivity index (χ0v) is 15.4. The molecule has 0 radical (unpaired) electrons. The second-order valence-corrected chi connectivity index (χ2v) is 5.84. The number of guanidine groups is 1. The van der Waals surface area contributed by atoms with E-state index in [-0.39, 0.29) is 0 Å². The summed E-state index contributed by atoms with van der Waals surface area (Å²) in [6.07, 6.45) is 0. The summed E-state index contributed by atoms with van der Waals surface area (Å²) in [5.74, 6) is 0.752. The minimum atomic E-state index is -0.608. The molecule has 0 aliphatic carbocycles. The van der Waals surface area contributed by atoms with Crippen molar-refractivity contribution in [2.75, 3.05) is 20.3 Å². The van der Waals surface area contributed by atoms with Crippen LogP contribution >= 0.6 is 0 Å². The van der Waals surface area contributed by atoms with Crippen LogP contribution in [0.25, 0.3) is 0 Å². The van der Waals surface area contributed by atoms with Gasteiger partial charge in [-0.1, -0.05) is 6.07 Å². The van der Waals surface area contributed by atoms with E-state index in [9.17, 15) is 8.78 Å². The van der Waals surface area contributed by atoms with Crippen molar-refractivity contribution in [3.8, 4) is 0 Å². The van der Waals surface area contributed by atoms with Crippen LogP contribution in [-0.2, 0) is 18.3 Å². The molecule has 0 amide bonds. The topological polar surface area (TPSA) is 76.4 Å². The predicted molar refractivity (Wildman–Crippen MR) is 94.7 cm³/mol. The van der Waals surface area contributed by atoms with Gasteiger partial charge in [0.05, 0.1) is 12.6 Å². The number of ether oxygens (including phenoxy) is 1. The molecule has 1 atom stereocenters. The van der Waals surface area contributed by atoms with Gasteiger partial charge in [-0.05, 0) is 19.9 Å². The molecule has 0 aliphatic heterocycles. The van der Waals surface area contributed by atoms with Crippen LogP contribution in [0.4, 0.5) is 8.78 Å². The number of aliphatic imine (C=N–C) groups is 1. The molecule has 7 nitrogen and oxygen atoms in total. The maximum atomic E-state index is 14.0. The number of methoxy groups -OCH3 is 1. The number of nitrogens with zero attached hydrogens (tertiary/aromatic N) is 4. The lowest BCUT2D eigenvalue weighted by atomic mass is 10.1. The molecule has 0 saturated heterocycles. The molecule has 2 aromatic rings. The van der Waals surface area contributed by atoms with Gasteiger partial charge in [0.1, 0.15) is 24.0 Å². The quantitative estimate of drug-likeness (QED) is 0.444. The summed E-state index contributed by atoms with van der Waals surface area (Å²) in [7, 11) is 3.47. The average molecular weight is 366 g/mol. The van der Waals surface area contributed by atoms with Crippen LogP contribution in [0.2, 0.25) is 0 Å². The van der Waals surface area contributed by atoms with Gasteiger partial charge in [-0.3, -0.25) is 0 Å². The number of hydrogen-bond donors (Lipinski definition) is 2. The molecule has 0 bridgehead atoms. The smallest absolute Gasteiger partial charge is 0.192 e. The minimum Gasteiger partial charge on any atom is -0.383 e. The van der Waals surface area contributed by atoms with Crippen LogP contribution in [-0.4, -0.2) is 41.0 Å². The van der Waals surface area contributed by atoms with E-state index < -0.39 is 17.7 Å². The molecule has 1 heterocycles. The van der Waals surface area contributed by atoms with E-state index in [0.717, 1.165) is 11.9 Å². The normalized spacial score (nSPS) is 12.9. The van der Waals surface area contributed by atoms with Gasteiger partial charge in [0, 0.05) is 32.3 Å². The van der Waals surface area contributed by atoms with Gasteiger partial charge in [0.15, 0.2) is 11.8 Å². The fraction of sp³-hybridized carbons (Fsp3) is 0.471. The van der Waals surface area contributed by atoms with Gasteiger partial charge in [-0.2, -0.15) is 0 Å². The lowest BCUT2D eigenvalue weighted by Gasteiger charge is -2.19. The molecule has 0 spiro atoms. The Morgan fingerprint density at radius 2 is 2.12 bits per heavy atom. The summed E-state index contributed by atoms with van der Waals surface area (Å²) in [6, 6.07) is 3.10. The molecular weight excluding hydrogens is 342 g/mol. The Bertz CT molecular complexity index is 762. The van der Waals surface area contributed by atoms with E-state index in [1.807, 2.05) is 18.5 Å². The van der Waals surface area contributed by atoms with E-state index in [4.69, 9.17) is 4.74 Å². The first-order valence-electron chi connectivity index (χ1n) is 8.26. The highest BCUT2D eigenvalue weighted by atomic mass is 19.1. The highest BCUT2D eigenvalue weighted by Gasteiger charge is 2.14. The van der Waals surface area contributed by atoms with Gasteiger partial charge < -0.3 is 19.9 Å². The van der Waals surface area contributed by atoms with Crippen molar-refractivity contribution in [1.82, 2.24) is 25.4 Å². The molecule has 26 heavy (non-hydrogen) atoms. The number of nitrogens with one attached hydrogen (secondary N) is 2. The zero-order chi connectivity index (χ0) is 19.1. The Balaban J connectivity index is 2.12. The number of rotatable bonds is 7. The number of halogens is 2. The minimum absolute atomic E-state index is 0.304. The fourth-order valence-electron chi connectivity index (χ4n) is 2.30. The summed E-state index contributed by atoms with van der Waals surface area (Å²) in [5, 5.41) is 14.3. The molecule has 1 aromatic carbocycles. The lowest BCUT2D eigenvalue weighted by Crippen LogP contribution is -2.40. The summed E-state index contributed by atoms with van der Waals surface area (Å²) < 4.78 is 34.0. The van der Waals surface area contributed by atoms with Crippen LogP contribution in [0, 0.1) is 18.6 Å². The first kappa shape index (κ1) is 19.8. The van der Waals surface area contributed by atoms with Crippen molar-refractivity contribution >= 4 is 5.96 Å². The average Bonchev–Trinajstić information content (AvgIpc) is 2.91. The van der Waals surface area contributed by atoms with Crippen LogP contribution in [0.3, 0.4) is 0 Å². The van der Waals surface area contributed by atoms with E-state index in [1.165, 1.54) is 12.1 Å². The second kappa shape index (κ2) is 9.23. The number of aryl methyl sites for hydroxylation is 1. The summed E-state index contributed by atoms with van der Waals surface area (Å²) in [4.78, 5) is 4.47. The Hall–Kier alpha value is -2.55. The molecule has 2 N–H and O–H groups in total. The molecule has 0 aliphatic rings. The van der Waals surface area contributed by atoms with Crippen molar-refractivity contribution in [2.45, 2.75) is 26.4 Å². The third kappa shape index (κ3) is 5.22. The molecule has 2 rings (SSSR count). The highest BCUT2D eigenvalue weighted by Crippen LogP contribution is 2.17. The number of benzene rings is 1. The van der Waals surface area contributed by atoms with E-state index in [1.54, 1.807) is 14.0 Å². The Kier molecular flexibility index (Phi) is 7.02. The highest BCUT2D eigenvalue weighted by molar-refractivity contribution is 5.80. The summed E-state index contributed by atoms with van der Waals surface area (Å²) in [5.41, 5.74) is 0.349. The number of hydrogen-bond acceptors (Lipinski definition) is 4. The number of aromatic nitrogens is 3. The molecule has 0 saturated carbocycles. The third-order valence-corrected chi connectivity index (χ3v) is 3.94. The van der Waals surface area contributed by atoms with Crippen LogP contribution < -0.4 is 10.6 Å². The predicted octanol–water partition coefficient (Wildman–Crippen LogP) is 1.84. The largest absolute Gasteiger partial charge is 0.383 e. The first-order valence-corrected chi connectivity index (χ1v) is 8.26. The van der Waals surface area contributed by atoms with Crippen molar-refractivity contribution in [3.63, 3.8) is 0 Å². The SMILES string of the molecule is COCCNC(=NCc1nnc(C)n1C)NC(C)c1ccc(F)cc1F. The van der Waals surface area contributed by atoms with Gasteiger partial charge >= 0.3 is 0 Å².